The fraction of sp³-hybridized carbons (Fsp3) is 0.789. The van der Waals surface area contributed by atoms with Gasteiger partial charge in [-0.2, -0.15) is 0 Å². The van der Waals surface area contributed by atoms with Crippen LogP contribution in [0.4, 0.5) is 0 Å². The van der Waals surface area contributed by atoms with E-state index < -0.39 is 0 Å². The average molecular weight is 293 g/mol. The molecule has 0 aliphatic carbocycles. The zero-order valence-electron chi connectivity index (χ0n) is 14.8. The predicted molar refractivity (Wildman–Crippen MR) is 91.9 cm³/mol. The van der Waals surface area contributed by atoms with Crippen molar-refractivity contribution >= 4 is 0 Å². The fourth-order valence-corrected chi connectivity index (χ4v) is 3.22. The monoisotopic (exact) mass is 293 g/mol. The lowest BCUT2D eigenvalue weighted by Gasteiger charge is -2.18. The van der Waals surface area contributed by atoms with Crippen LogP contribution in [0.15, 0.2) is 4.42 Å². The summed E-state index contributed by atoms with van der Waals surface area (Å²) in [5, 5.41) is 3.65. The fourth-order valence-electron chi connectivity index (χ4n) is 3.22. The number of aryl methyl sites for hydroxylation is 2. The Hall–Kier alpha value is -0.760. The summed E-state index contributed by atoms with van der Waals surface area (Å²) < 4.78 is 5.80. The van der Waals surface area contributed by atoms with Crippen molar-refractivity contribution in [3.8, 4) is 0 Å². The summed E-state index contributed by atoms with van der Waals surface area (Å²) in [6, 6.07) is 0.461. The Morgan fingerprint density at radius 3 is 2.00 bits per heavy atom. The van der Waals surface area contributed by atoms with Gasteiger partial charge < -0.3 is 9.73 Å². The molecule has 1 atom stereocenters. The van der Waals surface area contributed by atoms with Gasteiger partial charge in [0.25, 0.3) is 0 Å². The molecule has 2 heteroatoms. The molecule has 21 heavy (non-hydrogen) atoms. The minimum Gasteiger partial charge on any atom is -0.466 e. The van der Waals surface area contributed by atoms with Crippen LogP contribution in [-0.2, 0) is 0 Å². The number of hydrogen-bond acceptors (Lipinski definition) is 2. The van der Waals surface area contributed by atoms with Crippen molar-refractivity contribution in [3.05, 3.63) is 22.6 Å². The van der Waals surface area contributed by atoms with Crippen molar-refractivity contribution in [2.75, 3.05) is 6.54 Å². The van der Waals surface area contributed by atoms with Crippen molar-refractivity contribution in [1.29, 1.82) is 0 Å². The molecule has 1 unspecified atom stereocenters. The lowest BCUT2D eigenvalue weighted by Crippen LogP contribution is -2.21. The summed E-state index contributed by atoms with van der Waals surface area (Å²) in [4.78, 5) is 0. The van der Waals surface area contributed by atoms with E-state index in [9.17, 15) is 0 Å². The molecule has 0 aromatic carbocycles. The highest BCUT2D eigenvalue weighted by molar-refractivity contribution is 5.34. The summed E-state index contributed by atoms with van der Waals surface area (Å²) in [5.41, 5.74) is 2.74. The highest BCUT2D eigenvalue weighted by Gasteiger charge is 2.19. The maximum Gasteiger partial charge on any atom is 0.106 e. The van der Waals surface area contributed by atoms with Crippen LogP contribution in [-0.4, -0.2) is 6.54 Å². The van der Waals surface area contributed by atoms with E-state index >= 15 is 0 Å². The third kappa shape index (κ3) is 5.86. The van der Waals surface area contributed by atoms with E-state index in [4.69, 9.17) is 4.42 Å². The van der Waals surface area contributed by atoms with Crippen LogP contribution < -0.4 is 5.32 Å². The summed E-state index contributed by atoms with van der Waals surface area (Å²) in [6.07, 6.45) is 10.8. The maximum atomic E-state index is 5.80. The van der Waals surface area contributed by atoms with E-state index in [1.165, 1.54) is 62.5 Å². The molecule has 0 aliphatic heterocycles. The second kappa shape index (κ2) is 10.0. The van der Waals surface area contributed by atoms with E-state index in [0.29, 0.717) is 6.04 Å². The van der Waals surface area contributed by atoms with Gasteiger partial charge in [-0.1, -0.05) is 58.8 Å². The third-order valence-electron chi connectivity index (χ3n) is 4.51. The molecule has 0 saturated heterocycles. The van der Waals surface area contributed by atoms with Gasteiger partial charge in [-0.05, 0) is 39.3 Å². The average Bonchev–Trinajstić information content (AvgIpc) is 2.70. The van der Waals surface area contributed by atoms with Crippen LogP contribution in [0.25, 0.3) is 0 Å². The molecule has 0 radical (unpaired) electrons. The first-order valence-corrected chi connectivity index (χ1v) is 8.91. The van der Waals surface area contributed by atoms with Gasteiger partial charge in [-0.3, -0.25) is 0 Å². The number of nitrogens with one attached hydrogen (secondary N) is 1. The Morgan fingerprint density at radius 2 is 1.48 bits per heavy atom. The second-order valence-corrected chi connectivity index (χ2v) is 6.27. The molecule has 0 spiro atoms. The molecular weight excluding hydrogens is 258 g/mol. The van der Waals surface area contributed by atoms with Gasteiger partial charge in [0.15, 0.2) is 0 Å². The molecule has 0 amide bonds. The maximum absolute atomic E-state index is 5.80. The van der Waals surface area contributed by atoms with Gasteiger partial charge >= 0.3 is 0 Å². The third-order valence-corrected chi connectivity index (χ3v) is 4.51. The van der Waals surface area contributed by atoms with Crippen LogP contribution >= 0.6 is 0 Å². The predicted octanol–water partition coefficient (Wildman–Crippen LogP) is 6.00. The largest absolute Gasteiger partial charge is 0.466 e. The van der Waals surface area contributed by atoms with Crippen LogP contribution in [0.5, 0.6) is 0 Å². The molecule has 0 saturated carbocycles. The molecule has 1 N–H and O–H groups in total. The van der Waals surface area contributed by atoms with Gasteiger partial charge in [0.2, 0.25) is 0 Å². The van der Waals surface area contributed by atoms with Crippen molar-refractivity contribution in [2.24, 2.45) is 0 Å². The molecular formula is C19H35NO. The Kier molecular flexibility index (Phi) is 8.75. The van der Waals surface area contributed by atoms with E-state index in [0.717, 1.165) is 18.1 Å². The zero-order valence-corrected chi connectivity index (χ0v) is 14.8. The van der Waals surface area contributed by atoms with Gasteiger partial charge in [-0.15, -0.1) is 0 Å². The summed E-state index contributed by atoms with van der Waals surface area (Å²) in [7, 11) is 0. The minimum atomic E-state index is 0.461. The molecule has 122 valence electrons. The quantitative estimate of drug-likeness (QED) is 0.506. The Balaban J connectivity index is 2.43. The van der Waals surface area contributed by atoms with E-state index in [1.54, 1.807) is 0 Å². The Morgan fingerprint density at radius 1 is 0.857 bits per heavy atom. The topological polar surface area (TPSA) is 25.2 Å². The van der Waals surface area contributed by atoms with Gasteiger partial charge in [0.1, 0.15) is 11.5 Å². The van der Waals surface area contributed by atoms with Crippen molar-refractivity contribution in [2.45, 2.75) is 92.0 Å². The first kappa shape index (κ1) is 18.3. The summed E-state index contributed by atoms with van der Waals surface area (Å²) in [6.45, 7) is 11.8. The Labute approximate surface area is 131 Å². The smallest absolute Gasteiger partial charge is 0.106 e. The van der Waals surface area contributed by atoms with Gasteiger partial charge in [0.05, 0.1) is 0 Å². The van der Waals surface area contributed by atoms with Crippen LogP contribution in [0.3, 0.4) is 0 Å². The highest BCUT2D eigenvalue weighted by Crippen LogP contribution is 2.30. The van der Waals surface area contributed by atoms with Crippen LogP contribution in [0, 0.1) is 20.8 Å². The Bertz CT molecular complexity index is 395. The number of rotatable bonds is 11. The zero-order chi connectivity index (χ0) is 15.7. The number of furan rings is 1. The molecule has 1 aromatic heterocycles. The normalized spacial score (nSPS) is 12.8. The molecule has 1 heterocycles. The van der Waals surface area contributed by atoms with E-state index in [-0.39, 0.29) is 0 Å². The minimum absolute atomic E-state index is 0.461. The van der Waals surface area contributed by atoms with Crippen LogP contribution in [0.1, 0.15) is 93.9 Å². The molecule has 1 aromatic rings. The van der Waals surface area contributed by atoms with Gasteiger partial charge in [-0.25, -0.2) is 0 Å². The second-order valence-electron chi connectivity index (χ2n) is 6.27. The lowest BCUT2D eigenvalue weighted by molar-refractivity contribution is 0.456. The van der Waals surface area contributed by atoms with Crippen molar-refractivity contribution in [3.63, 3.8) is 0 Å². The lowest BCUT2D eigenvalue weighted by atomic mass is 9.96. The summed E-state index contributed by atoms with van der Waals surface area (Å²) >= 11 is 0. The van der Waals surface area contributed by atoms with E-state index in [2.05, 4.69) is 39.9 Å². The van der Waals surface area contributed by atoms with Gasteiger partial charge in [0, 0.05) is 11.6 Å². The van der Waals surface area contributed by atoms with Crippen LogP contribution in [0.2, 0.25) is 0 Å². The van der Waals surface area contributed by atoms with Crippen molar-refractivity contribution in [1.82, 2.24) is 5.32 Å². The number of unbranched alkanes of at least 4 members (excludes halogenated alkanes) is 6. The SMILES string of the molecule is CCCCCCCCCC(NCC)c1c(C)oc(C)c1C. The molecule has 1 rings (SSSR count). The molecule has 2 nitrogen and oxygen atoms in total. The first-order chi connectivity index (χ1) is 10.1. The molecule has 0 aliphatic rings. The number of hydrogen-bond donors (Lipinski definition) is 1. The first-order valence-electron chi connectivity index (χ1n) is 8.91. The van der Waals surface area contributed by atoms with E-state index in [1.807, 2.05) is 0 Å². The highest BCUT2D eigenvalue weighted by atomic mass is 16.3. The standard InChI is InChI=1S/C19H35NO/c1-6-8-9-10-11-12-13-14-18(20-7-2)19-15(3)16(4)21-17(19)5/h18,20H,6-14H2,1-5H3. The van der Waals surface area contributed by atoms with Crippen molar-refractivity contribution < 1.29 is 4.42 Å². The molecule has 0 fully saturated rings. The summed E-state index contributed by atoms with van der Waals surface area (Å²) in [5.74, 6) is 2.17. The molecule has 0 bridgehead atoms.